The van der Waals surface area contributed by atoms with Crippen molar-refractivity contribution in [3.8, 4) is 5.75 Å². The maximum atomic E-state index is 8.73. The highest BCUT2D eigenvalue weighted by Crippen LogP contribution is 2.33. The number of piperidine rings is 1. The molecule has 2 heterocycles. The van der Waals surface area contributed by atoms with Gasteiger partial charge in [-0.1, -0.05) is 11.6 Å². The van der Waals surface area contributed by atoms with Crippen molar-refractivity contribution < 1.29 is 9.68 Å². The number of anilines is 1. The van der Waals surface area contributed by atoms with Gasteiger partial charge in [0, 0.05) is 24.5 Å². The topological polar surface area (TPSA) is 58.5 Å². The Kier molecular flexibility index (Phi) is 3.94. The first-order valence-electron chi connectivity index (χ1n) is 6.61. The van der Waals surface area contributed by atoms with Crippen LogP contribution in [0.2, 0.25) is 5.02 Å². The summed E-state index contributed by atoms with van der Waals surface area (Å²) in [7, 11) is 0.611. The van der Waals surface area contributed by atoms with Crippen LogP contribution in [-0.2, 0) is 0 Å². The zero-order valence-electron chi connectivity index (χ0n) is 10.9. The second-order valence-electron chi connectivity index (χ2n) is 4.77. The molecule has 0 saturated carbocycles. The van der Waals surface area contributed by atoms with Crippen LogP contribution >= 0.6 is 11.6 Å². The van der Waals surface area contributed by atoms with Crippen LogP contribution in [0.1, 0.15) is 19.3 Å². The van der Waals surface area contributed by atoms with Crippen molar-refractivity contribution in [2.75, 3.05) is 18.0 Å². The van der Waals surface area contributed by atoms with Gasteiger partial charge in [0.1, 0.15) is 17.9 Å². The van der Waals surface area contributed by atoms with Gasteiger partial charge in [0.05, 0.1) is 10.5 Å². The molecule has 0 amide bonds. The maximum absolute atomic E-state index is 8.73. The van der Waals surface area contributed by atoms with Gasteiger partial charge >= 0.3 is 7.69 Å². The molecule has 0 bridgehead atoms. The third-order valence-electron chi connectivity index (χ3n) is 3.50. The molecular weight excluding hydrogens is 276 g/mol. The third kappa shape index (κ3) is 2.53. The van der Waals surface area contributed by atoms with Gasteiger partial charge in [-0.3, -0.25) is 0 Å². The van der Waals surface area contributed by atoms with Crippen molar-refractivity contribution in [1.29, 1.82) is 0 Å². The van der Waals surface area contributed by atoms with Gasteiger partial charge in [-0.25, -0.2) is 9.97 Å². The minimum absolute atomic E-state index is 0.380. The number of nitrogens with zero attached hydrogens (tertiary/aromatic N) is 3. The lowest BCUT2D eigenvalue weighted by molar-refractivity contribution is 0.454. The smallest absolute Gasteiger partial charge is 0.536 e. The molecule has 0 unspecified atom stereocenters. The predicted molar refractivity (Wildman–Crippen MR) is 79.2 cm³/mol. The number of hydrogen-bond donors (Lipinski definition) is 1. The number of benzene rings is 1. The molecule has 5 nitrogen and oxygen atoms in total. The highest BCUT2D eigenvalue weighted by Gasteiger charge is 2.16. The zero-order valence-corrected chi connectivity index (χ0v) is 11.7. The quantitative estimate of drug-likeness (QED) is 0.878. The molecule has 0 atom stereocenters. The van der Waals surface area contributed by atoms with Crippen molar-refractivity contribution in [2.45, 2.75) is 19.3 Å². The van der Waals surface area contributed by atoms with Crippen LogP contribution in [0.3, 0.4) is 0 Å². The lowest BCUT2D eigenvalue weighted by Crippen LogP contribution is -2.30. The summed E-state index contributed by atoms with van der Waals surface area (Å²) < 4.78 is 4.95. The fourth-order valence-electron chi connectivity index (χ4n) is 2.55. The Balaban J connectivity index is 2.06. The van der Waals surface area contributed by atoms with Crippen LogP contribution < -0.4 is 9.55 Å². The Bertz CT molecular complexity index is 620. The molecular formula is C13H14BClN3O2. The van der Waals surface area contributed by atoms with E-state index in [4.69, 9.17) is 21.3 Å². The Morgan fingerprint density at radius 3 is 2.75 bits per heavy atom. The highest BCUT2D eigenvalue weighted by atomic mass is 35.5. The average Bonchev–Trinajstić information content (AvgIpc) is 2.49. The van der Waals surface area contributed by atoms with Crippen molar-refractivity contribution in [1.82, 2.24) is 9.97 Å². The first kappa shape index (κ1) is 13.5. The second kappa shape index (κ2) is 5.85. The van der Waals surface area contributed by atoms with Crippen molar-refractivity contribution in [3.63, 3.8) is 0 Å². The molecule has 1 saturated heterocycles. The summed E-state index contributed by atoms with van der Waals surface area (Å²) in [5.41, 5.74) is 0.752. The number of hydrogen-bond acceptors (Lipinski definition) is 5. The third-order valence-corrected chi connectivity index (χ3v) is 3.80. The fourth-order valence-corrected chi connectivity index (χ4v) is 2.76. The second-order valence-corrected chi connectivity index (χ2v) is 5.18. The summed E-state index contributed by atoms with van der Waals surface area (Å²) in [5, 5.41) is 10.1. The van der Waals surface area contributed by atoms with Crippen LogP contribution in [0.25, 0.3) is 10.9 Å². The van der Waals surface area contributed by atoms with Gasteiger partial charge < -0.3 is 14.6 Å². The summed E-state index contributed by atoms with van der Waals surface area (Å²) in [4.78, 5) is 10.9. The minimum Gasteiger partial charge on any atom is -0.536 e. The van der Waals surface area contributed by atoms with E-state index in [9.17, 15) is 0 Å². The lowest BCUT2D eigenvalue weighted by atomic mass is 10.1. The molecule has 103 valence electrons. The number of aromatic nitrogens is 2. The largest absolute Gasteiger partial charge is 0.569 e. The van der Waals surface area contributed by atoms with Crippen LogP contribution in [-0.4, -0.2) is 35.8 Å². The normalized spacial score (nSPS) is 15.4. The van der Waals surface area contributed by atoms with E-state index in [0.717, 1.165) is 29.8 Å². The van der Waals surface area contributed by atoms with E-state index < -0.39 is 0 Å². The zero-order chi connectivity index (χ0) is 13.9. The van der Waals surface area contributed by atoms with Gasteiger partial charge in [-0.2, -0.15) is 0 Å². The van der Waals surface area contributed by atoms with Gasteiger partial charge in [0.25, 0.3) is 0 Å². The van der Waals surface area contributed by atoms with Gasteiger partial charge in [-0.05, 0) is 25.3 Å². The molecule has 1 radical (unpaired) electrons. The number of fused-ring (bicyclic) bond motifs is 1. The minimum atomic E-state index is 0.380. The Hall–Kier alpha value is -1.53. The Labute approximate surface area is 122 Å². The predicted octanol–water partition coefficient (Wildman–Crippen LogP) is 2.18. The molecule has 2 aromatic rings. The van der Waals surface area contributed by atoms with E-state index in [-0.39, 0.29) is 0 Å². The van der Waals surface area contributed by atoms with E-state index in [1.54, 1.807) is 18.5 Å². The van der Waals surface area contributed by atoms with Gasteiger partial charge in [-0.15, -0.1) is 0 Å². The monoisotopic (exact) mass is 290 g/mol. The van der Waals surface area contributed by atoms with Crippen LogP contribution in [0.4, 0.5) is 5.82 Å². The Morgan fingerprint density at radius 1 is 1.20 bits per heavy atom. The van der Waals surface area contributed by atoms with Crippen LogP contribution in [0.5, 0.6) is 5.75 Å². The standard InChI is InChI=1S/C13H14BClN3O2/c15-10-6-9-11(7-12(10)20-14-19)16-8-17-13(9)18-4-2-1-3-5-18/h6-8,19H,1-5H2. The average molecular weight is 291 g/mol. The first-order chi connectivity index (χ1) is 9.79. The van der Waals surface area contributed by atoms with E-state index in [0.29, 0.717) is 18.5 Å². The SMILES string of the molecule is O[B]Oc1cc2ncnc(N3CCCCC3)c2cc1Cl. The fraction of sp³-hybridized carbons (Fsp3) is 0.385. The maximum Gasteiger partial charge on any atom is 0.569 e. The summed E-state index contributed by atoms with van der Waals surface area (Å²) in [6.45, 7) is 2.01. The molecule has 0 spiro atoms. The van der Waals surface area contributed by atoms with Gasteiger partial charge in [0.2, 0.25) is 0 Å². The molecule has 0 aliphatic carbocycles. The molecule has 1 aromatic carbocycles. The highest BCUT2D eigenvalue weighted by molar-refractivity contribution is 6.33. The van der Waals surface area contributed by atoms with E-state index in [2.05, 4.69) is 14.9 Å². The number of rotatable bonds is 3. The summed E-state index contributed by atoms with van der Waals surface area (Å²) in [6.07, 6.45) is 5.18. The molecule has 3 rings (SSSR count). The van der Waals surface area contributed by atoms with E-state index in [1.165, 1.54) is 19.3 Å². The molecule has 1 fully saturated rings. The number of halogens is 1. The van der Waals surface area contributed by atoms with Gasteiger partial charge in [0.15, 0.2) is 0 Å². The molecule has 1 aromatic heterocycles. The molecule has 1 aliphatic rings. The lowest BCUT2D eigenvalue weighted by Gasteiger charge is -2.28. The molecule has 20 heavy (non-hydrogen) atoms. The van der Waals surface area contributed by atoms with E-state index in [1.807, 2.05) is 0 Å². The van der Waals surface area contributed by atoms with Crippen molar-refractivity contribution in [3.05, 3.63) is 23.5 Å². The summed E-state index contributed by atoms with van der Waals surface area (Å²) >= 11 is 6.16. The molecule has 1 aliphatic heterocycles. The van der Waals surface area contributed by atoms with Crippen molar-refractivity contribution in [2.24, 2.45) is 0 Å². The first-order valence-corrected chi connectivity index (χ1v) is 6.99. The van der Waals surface area contributed by atoms with Crippen LogP contribution in [0, 0.1) is 0 Å². The Morgan fingerprint density at radius 2 is 2.00 bits per heavy atom. The van der Waals surface area contributed by atoms with Crippen molar-refractivity contribution >= 4 is 36.0 Å². The molecule has 1 N–H and O–H groups in total. The summed E-state index contributed by atoms with van der Waals surface area (Å²) in [5.74, 6) is 1.29. The van der Waals surface area contributed by atoms with Crippen LogP contribution in [0.15, 0.2) is 18.5 Å². The molecule has 7 heteroatoms. The summed E-state index contributed by atoms with van der Waals surface area (Å²) in [6, 6.07) is 3.50. The van der Waals surface area contributed by atoms with E-state index >= 15 is 0 Å².